The summed E-state index contributed by atoms with van der Waals surface area (Å²) in [7, 11) is 0. The maximum Gasteiger partial charge on any atom is 0.277 e. The fraction of sp³-hybridized carbons (Fsp3) is 0.176. The zero-order valence-corrected chi connectivity index (χ0v) is 13.3. The van der Waals surface area contributed by atoms with Gasteiger partial charge in [0.25, 0.3) is 5.91 Å². The lowest BCUT2D eigenvalue weighted by atomic mass is 10.1. The Kier molecular flexibility index (Phi) is 6.11. The van der Waals surface area contributed by atoms with Crippen LogP contribution in [0.4, 0.5) is 4.39 Å². The minimum atomic E-state index is -0.405. The first-order valence-electron chi connectivity index (χ1n) is 7.09. The van der Waals surface area contributed by atoms with Crippen molar-refractivity contribution in [2.24, 2.45) is 5.10 Å². The van der Waals surface area contributed by atoms with Crippen LogP contribution in [0.15, 0.2) is 53.6 Å². The predicted molar refractivity (Wildman–Crippen MR) is 88.3 cm³/mol. The number of carbonyl (C=O) groups excluding carboxylic acids is 1. The van der Waals surface area contributed by atoms with E-state index >= 15 is 0 Å². The third-order valence-corrected chi connectivity index (χ3v) is 3.34. The number of benzene rings is 2. The van der Waals surface area contributed by atoms with E-state index in [9.17, 15) is 9.18 Å². The van der Waals surface area contributed by atoms with E-state index in [1.807, 2.05) is 6.92 Å². The first-order chi connectivity index (χ1) is 11.1. The molecule has 6 heteroatoms. The Morgan fingerprint density at radius 3 is 2.57 bits per heavy atom. The molecule has 0 aliphatic rings. The smallest absolute Gasteiger partial charge is 0.277 e. The summed E-state index contributed by atoms with van der Waals surface area (Å²) in [4.78, 5) is 11.8. The van der Waals surface area contributed by atoms with Gasteiger partial charge in [0, 0.05) is 0 Å². The van der Waals surface area contributed by atoms with Crippen molar-refractivity contribution in [1.29, 1.82) is 0 Å². The van der Waals surface area contributed by atoms with Gasteiger partial charge in [-0.15, -0.1) is 0 Å². The number of para-hydroxylation sites is 1. The highest BCUT2D eigenvalue weighted by molar-refractivity contribution is 6.32. The summed E-state index contributed by atoms with van der Waals surface area (Å²) in [6, 6.07) is 12.8. The van der Waals surface area contributed by atoms with Gasteiger partial charge in [-0.05, 0) is 36.2 Å². The average Bonchev–Trinajstić information content (AvgIpc) is 2.56. The molecule has 0 aliphatic carbocycles. The molecule has 0 fully saturated rings. The van der Waals surface area contributed by atoms with Crippen molar-refractivity contribution >= 4 is 23.2 Å². The molecule has 1 N–H and O–H groups in total. The highest BCUT2D eigenvalue weighted by Gasteiger charge is 2.06. The minimum Gasteiger partial charge on any atom is -0.482 e. The topological polar surface area (TPSA) is 50.7 Å². The Morgan fingerprint density at radius 2 is 1.91 bits per heavy atom. The second kappa shape index (κ2) is 8.29. The Morgan fingerprint density at radius 1 is 1.22 bits per heavy atom. The van der Waals surface area contributed by atoms with Gasteiger partial charge in [0.05, 0.1) is 10.7 Å². The molecule has 0 saturated heterocycles. The number of halogens is 2. The fourth-order valence-electron chi connectivity index (χ4n) is 1.86. The number of hydrazone groups is 1. The average molecular weight is 335 g/mol. The van der Waals surface area contributed by atoms with Crippen molar-refractivity contribution in [1.82, 2.24) is 5.43 Å². The summed E-state index contributed by atoms with van der Waals surface area (Å²) in [6.45, 7) is 1.70. The van der Waals surface area contributed by atoms with E-state index in [2.05, 4.69) is 10.5 Å². The first kappa shape index (κ1) is 17.0. The summed E-state index contributed by atoms with van der Waals surface area (Å²) in [5.74, 6) is -0.290. The standard InChI is InChI=1S/C17H16ClFN2O2/c1-2-15(12-7-9-13(19)10-8-12)20-21-17(22)11-23-16-6-4-3-5-14(16)18/h3-10H,2,11H2,1H3,(H,21,22)/b20-15-. The Labute approximate surface area is 138 Å². The fourth-order valence-corrected chi connectivity index (χ4v) is 2.05. The lowest BCUT2D eigenvalue weighted by Gasteiger charge is -2.08. The van der Waals surface area contributed by atoms with E-state index in [0.29, 0.717) is 22.9 Å². The Hall–Kier alpha value is -2.40. The van der Waals surface area contributed by atoms with Crippen LogP contribution in [-0.4, -0.2) is 18.2 Å². The Balaban J connectivity index is 1.93. The van der Waals surface area contributed by atoms with Crippen molar-refractivity contribution in [2.75, 3.05) is 6.61 Å². The van der Waals surface area contributed by atoms with Crippen molar-refractivity contribution in [3.63, 3.8) is 0 Å². The highest BCUT2D eigenvalue weighted by Crippen LogP contribution is 2.22. The van der Waals surface area contributed by atoms with Gasteiger partial charge in [0.1, 0.15) is 11.6 Å². The molecule has 0 atom stereocenters. The third-order valence-electron chi connectivity index (χ3n) is 3.02. The van der Waals surface area contributed by atoms with Gasteiger partial charge in [0.2, 0.25) is 0 Å². The second-order valence-corrected chi connectivity index (χ2v) is 5.08. The summed E-state index contributed by atoms with van der Waals surface area (Å²) < 4.78 is 18.2. The molecule has 0 unspecified atom stereocenters. The summed E-state index contributed by atoms with van der Waals surface area (Å²) in [6.07, 6.45) is 0.595. The molecular formula is C17H16ClFN2O2. The molecule has 0 aromatic heterocycles. The third kappa shape index (κ3) is 5.07. The first-order valence-corrected chi connectivity index (χ1v) is 7.46. The monoisotopic (exact) mass is 334 g/mol. The number of hydrogen-bond donors (Lipinski definition) is 1. The van der Waals surface area contributed by atoms with Crippen LogP contribution in [0.2, 0.25) is 5.02 Å². The molecule has 120 valence electrons. The molecule has 2 aromatic rings. The maximum absolute atomic E-state index is 12.9. The summed E-state index contributed by atoms with van der Waals surface area (Å²) in [5, 5.41) is 4.49. The maximum atomic E-state index is 12.9. The SMILES string of the molecule is CC/C(=N/NC(=O)COc1ccccc1Cl)c1ccc(F)cc1. The number of carbonyl (C=O) groups is 1. The molecule has 0 spiro atoms. The number of nitrogens with zero attached hydrogens (tertiary/aromatic N) is 1. The lowest BCUT2D eigenvalue weighted by molar-refractivity contribution is -0.123. The van der Waals surface area contributed by atoms with Gasteiger partial charge < -0.3 is 4.74 Å². The molecule has 2 aromatic carbocycles. The predicted octanol–water partition coefficient (Wildman–Crippen LogP) is 3.79. The molecule has 0 aliphatic heterocycles. The normalized spacial score (nSPS) is 11.2. The van der Waals surface area contributed by atoms with E-state index in [0.717, 1.165) is 5.56 Å². The van der Waals surface area contributed by atoms with Crippen LogP contribution in [0.5, 0.6) is 5.75 Å². The van der Waals surface area contributed by atoms with Crippen molar-refractivity contribution in [2.45, 2.75) is 13.3 Å². The van der Waals surface area contributed by atoms with E-state index in [1.165, 1.54) is 12.1 Å². The lowest BCUT2D eigenvalue weighted by Crippen LogP contribution is -2.26. The van der Waals surface area contributed by atoms with Crippen molar-refractivity contribution in [3.8, 4) is 5.75 Å². The van der Waals surface area contributed by atoms with Crippen LogP contribution >= 0.6 is 11.6 Å². The number of nitrogens with one attached hydrogen (secondary N) is 1. The van der Waals surface area contributed by atoms with Gasteiger partial charge in [0.15, 0.2) is 6.61 Å². The number of hydrogen-bond acceptors (Lipinski definition) is 3. The molecule has 0 radical (unpaired) electrons. The van der Waals surface area contributed by atoms with Crippen LogP contribution in [0.1, 0.15) is 18.9 Å². The molecule has 0 heterocycles. The summed E-state index contributed by atoms with van der Waals surface area (Å²) in [5.41, 5.74) is 3.82. The minimum absolute atomic E-state index is 0.201. The van der Waals surface area contributed by atoms with Crippen molar-refractivity contribution < 1.29 is 13.9 Å². The van der Waals surface area contributed by atoms with E-state index < -0.39 is 5.91 Å². The van der Waals surface area contributed by atoms with E-state index in [-0.39, 0.29) is 12.4 Å². The van der Waals surface area contributed by atoms with Crippen LogP contribution < -0.4 is 10.2 Å². The molecule has 0 saturated carbocycles. The van der Waals surface area contributed by atoms with E-state index in [1.54, 1.807) is 36.4 Å². The van der Waals surface area contributed by atoms with Gasteiger partial charge in [-0.1, -0.05) is 42.8 Å². The molecule has 4 nitrogen and oxygen atoms in total. The second-order valence-electron chi connectivity index (χ2n) is 4.67. The van der Waals surface area contributed by atoms with E-state index in [4.69, 9.17) is 16.3 Å². The number of rotatable bonds is 6. The highest BCUT2D eigenvalue weighted by atomic mass is 35.5. The molecule has 0 bridgehead atoms. The summed E-state index contributed by atoms with van der Waals surface area (Å²) >= 11 is 5.94. The molecule has 23 heavy (non-hydrogen) atoms. The van der Waals surface area contributed by atoms with Crippen LogP contribution in [0, 0.1) is 5.82 Å². The largest absolute Gasteiger partial charge is 0.482 e. The number of ether oxygens (including phenoxy) is 1. The Bertz CT molecular complexity index is 702. The molecule has 2 rings (SSSR count). The van der Waals surface area contributed by atoms with Crippen LogP contribution in [0.3, 0.4) is 0 Å². The van der Waals surface area contributed by atoms with Crippen LogP contribution in [-0.2, 0) is 4.79 Å². The quantitative estimate of drug-likeness (QED) is 0.645. The van der Waals surface area contributed by atoms with Crippen molar-refractivity contribution in [3.05, 3.63) is 64.9 Å². The van der Waals surface area contributed by atoms with Crippen LogP contribution in [0.25, 0.3) is 0 Å². The van der Waals surface area contributed by atoms with Gasteiger partial charge in [-0.2, -0.15) is 5.10 Å². The van der Waals surface area contributed by atoms with Gasteiger partial charge in [-0.3, -0.25) is 4.79 Å². The zero-order valence-electron chi connectivity index (χ0n) is 12.6. The molecule has 1 amide bonds. The zero-order chi connectivity index (χ0) is 16.7. The number of amides is 1. The van der Waals surface area contributed by atoms with Gasteiger partial charge in [-0.25, -0.2) is 9.82 Å². The van der Waals surface area contributed by atoms with Gasteiger partial charge >= 0.3 is 0 Å². The molecular weight excluding hydrogens is 319 g/mol.